The van der Waals surface area contributed by atoms with Gasteiger partial charge in [-0.25, -0.2) is 0 Å². The molecule has 0 aliphatic heterocycles. The van der Waals surface area contributed by atoms with Crippen LogP contribution in [0.2, 0.25) is 0 Å². The van der Waals surface area contributed by atoms with Crippen LogP contribution in [0.25, 0.3) is 0 Å². The lowest BCUT2D eigenvalue weighted by Gasteiger charge is -2.20. The monoisotopic (exact) mass is 304 g/mol. The van der Waals surface area contributed by atoms with Gasteiger partial charge < -0.3 is 19.3 Å². The Balaban J connectivity index is 1.82. The van der Waals surface area contributed by atoms with Gasteiger partial charge in [-0.3, -0.25) is 4.79 Å². The Bertz CT molecular complexity index is 583. The molecule has 0 atom stereocenters. The van der Waals surface area contributed by atoms with Gasteiger partial charge in [0.2, 0.25) is 0 Å². The average molecular weight is 304 g/mol. The van der Waals surface area contributed by atoms with E-state index < -0.39 is 5.97 Å². The molecular formula is C16H20N2O4. The summed E-state index contributed by atoms with van der Waals surface area (Å²) in [6, 6.07) is 11.4. The van der Waals surface area contributed by atoms with E-state index in [-0.39, 0.29) is 6.42 Å². The number of carboxylic acid groups (broad SMARTS) is 1. The first-order valence-corrected chi connectivity index (χ1v) is 7.23. The van der Waals surface area contributed by atoms with Gasteiger partial charge in [0, 0.05) is 19.2 Å². The highest BCUT2D eigenvalue weighted by Crippen LogP contribution is 2.15. The van der Waals surface area contributed by atoms with Crippen LogP contribution in [0, 0.1) is 6.92 Å². The molecule has 0 radical (unpaired) electrons. The van der Waals surface area contributed by atoms with E-state index in [0.717, 1.165) is 12.2 Å². The quantitative estimate of drug-likeness (QED) is 0.718. The molecule has 0 spiro atoms. The number of anilines is 1. The molecular weight excluding hydrogens is 284 g/mol. The SMILES string of the molecule is Cc1cc(N(CCCOc2ccccc2)CCC(=O)O)no1. The maximum atomic E-state index is 10.8. The summed E-state index contributed by atoms with van der Waals surface area (Å²) in [6.45, 7) is 3.42. The minimum absolute atomic E-state index is 0.0610. The molecule has 1 aromatic carbocycles. The summed E-state index contributed by atoms with van der Waals surface area (Å²) < 4.78 is 10.7. The Kier molecular flexibility index (Phi) is 5.82. The van der Waals surface area contributed by atoms with Gasteiger partial charge >= 0.3 is 5.97 Å². The van der Waals surface area contributed by atoms with E-state index in [1.807, 2.05) is 42.2 Å². The zero-order valence-corrected chi connectivity index (χ0v) is 12.6. The van der Waals surface area contributed by atoms with Crippen LogP contribution in [0.4, 0.5) is 5.82 Å². The molecule has 1 heterocycles. The van der Waals surface area contributed by atoms with E-state index in [1.165, 1.54) is 0 Å². The Hall–Kier alpha value is -2.50. The van der Waals surface area contributed by atoms with Crippen molar-refractivity contribution in [2.75, 3.05) is 24.6 Å². The number of rotatable bonds is 9. The number of carbonyl (C=O) groups is 1. The number of aryl methyl sites for hydroxylation is 1. The van der Waals surface area contributed by atoms with Gasteiger partial charge in [-0.2, -0.15) is 0 Å². The molecule has 6 heteroatoms. The average Bonchev–Trinajstić information content (AvgIpc) is 2.93. The Morgan fingerprint density at radius 3 is 2.73 bits per heavy atom. The van der Waals surface area contributed by atoms with Gasteiger partial charge in [-0.1, -0.05) is 23.4 Å². The summed E-state index contributed by atoms with van der Waals surface area (Å²) in [6.07, 6.45) is 0.825. The first-order chi connectivity index (χ1) is 10.6. The maximum Gasteiger partial charge on any atom is 0.305 e. The lowest BCUT2D eigenvalue weighted by molar-refractivity contribution is -0.136. The van der Waals surface area contributed by atoms with E-state index in [4.69, 9.17) is 14.4 Å². The van der Waals surface area contributed by atoms with Crippen molar-refractivity contribution < 1.29 is 19.2 Å². The van der Waals surface area contributed by atoms with Crippen LogP contribution in [-0.4, -0.2) is 35.9 Å². The zero-order valence-electron chi connectivity index (χ0n) is 12.6. The van der Waals surface area contributed by atoms with Gasteiger partial charge in [0.15, 0.2) is 5.82 Å². The number of hydrogen-bond donors (Lipinski definition) is 1. The highest BCUT2D eigenvalue weighted by molar-refractivity contribution is 5.67. The van der Waals surface area contributed by atoms with Crippen LogP contribution < -0.4 is 9.64 Å². The number of carboxylic acids is 1. The van der Waals surface area contributed by atoms with Crippen molar-refractivity contribution in [2.45, 2.75) is 19.8 Å². The second kappa shape index (κ2) is 8.07. The van der Waals surface area contributed by atoms with Crippen molar-refractivity contribution in [3.63, 3.8) is 0 Å². The number of para-hydroxylation sites is 1. The number of aliphatic carboxylic acids is 1. The third kappa shape index (κ3) is 5.12. The zero-order chi connectivity index (χ0) is 15.8. The fraction of sp³-hybridized carbons (Fsp3) is 0.375. The highest BCUT2D eigenvalue weighted by atomic mass is 16.5. The molecule has 0 fully saturated rings. The maximum absolute atomic E-state index is 10.8. The third-order valence-corrected chi connectivity index (χ3v) is 3.12. The van der Waals surface area contributed by atoms with Gasteiger partial charge in [0.25, 0.3) is 0 Å². The number of benzene rings is 1. The van der Waals surface area contributed by atoms with E-state index in [1.54, 1.807) is 6.07 Å². The molecule has 0 amide bonds. The van der Waals surface area contributed by atoms with Crippen molar-refractivity contribution >= 4 is 11.8 Å². The van der Waals surface area contributed by atoms with Crippen molar-refractivity contribution in [3.05, 3.63) is 42.2 Å². The van der Waals surface area contributed by atoms with Crippen molar-refractivity contribution in [3.8, 4) is 5.75 Å². The lowest BCUT2D eigenvalue weighted by Crippen LogP contribution is -2.28. The first kappa shape index (κ1) is 15.9. The summed E-state index contributed by atoms with van der Waals surface area (Å²) >= 11 is 0. The number of ether oxygens (including phenoxy) is 1. The Morgan fingerprint density at radius 1 is 1.32 bits per heavy atom. The lowest BCUT2D eigenvalue weighted by atomic mass is 10.3. The Labute approximate surface area is 129 Å². The third-order valence-electron chi connectivity index (χ3n) is 3.12. The molecule has 0 saturated heterocycles. The summed E-state index contributed by atoms with van der Waals surface area (Å²) in [5, 5.41) is 12.8. The van der Waals surface area contributed by atoms with Gasteiger partial charge in [-0.15, -0.1) is 0 Å². The second-order valence-electron chi connectivity index (χ2n) is 4.94. The molecule has 0 saturated carbocycles. The van der Waals surface area contributed by atoms with E-state index in [2.05, 4.69) is 5.16 Å². The predicted octanol–water partition coefficient (Wildman–Crippen LogP) is 2.73. The minimum atomic E-state index is -0.828. The van der Waals surface area contributed by atoms with Crippen LogP contribution in [0.5, 0.6) is 5.75 Å². The number of hydrogen-bond acceptors (Lipinski definition) is 5. The van der Waals surface area contributed by atoms with Gasteiger partial charge in [0.1, 0.15) is 11.5 Å². The highest BCUT2D eigenvalue weighted by Gasteiger charge is 2.12. The fourth-order valence-electron chi connectivity index (χ4n) is 2.04. The predicted molar refractivity (Wildman–Crippen MR) is 82.3 cm³/mol. The molecule has 0 bridgehead atoms. The van der Waals surface area contributed by atoms with Crippen LogP contribution in [0.15, 0.2) is 40.9 Å². The molecule has 1 aromatic heterocycles. The molecule has 22 heavy (non-hydrogen) atoms. The van der Waals surface area contributed by atoms with Crippen LogP contribution in [-0.2, 0) is 4.79 Å². The van der Waals surface area contributed by atoms with Gasteiger partial charge in [-0.05, 0) is 25.5 Å². The largest absolute Gasteiger partial charge is 0.494 e. The smallest absolute Gasteiger partial charge is 0.305 e. The van der Waals surface area contributed by atoms with E-state index in [9.17, 15) is 4.79 Å². The van der Waals surface area contributed by atoms with E-state index in [0.29, 0.717) is 31.3 Å². The molecule has 1 N–H and O–H groups in total. The summed E-state index contributed by atoms with van der Waals surface area (Å²) in [5.41, 5.74) is 0. The van der Waals surface area contributed by atoms with Crippen LogP contribution in [0.3, 0.4) is 0 Å². The topological polar surface area (TPSA) is 75.8 Å². The summed E-state index contributed by atoms with van der Waals surface area (Å²) in [4.78, 5) is 12.7. The molecule has 118 valence electrons. The van der Waals surface area contributed by atoms with Crippen LogP contribution in [0.1, 0.15) is 18.6 Å². The fourth-order valence-corrected chi connectivity index (χ4v) is 2.04. The van der Waals surface area contributed by atoms with E-state index >= 15 is 0 Å². The molecule has 0 unspecified atom stereocenters. The van der Waals surface area contributed by atoms with Gasteiger partial charge in [0.05, 0.1) is 13.0 Å². The van der Waals surface area contributed by atoms with Crippen molar-refractivity contribution in [1.82, 2.24) is 5.16 Å². The normalized spacial score (nSPS) is 10.4. The summed E-state index contributed by atoms with van der Waals surface area (Å²) in [7, 11) is 0. The number of nitrogens with zero attached hydrogens (tertiary/aromatic N) is 2. The molecule has 2 rings (SSSR count). The number of aromatic nitrogens is 1. The minimum Gasteiger partial charge on any atom is -0.494 e. The van der Waals surface area contributed by atoms with Crippen LogP contribution >= 0.6 is 0 Å². The Morgan fingerprint density at radius 2 is 2.09 bits per heavy atom. The molecule has 0 aliphatic carbocycles. The summed E-state index contributed by atoms with van der Waals surface area (Å²) in [5.74, 6) is 1.37. The standard InChI is InChI=1S/C16H20N2O4/c1-13-12-15(17-22-13)18(10-8-16(19)20)9-5-11-21-14-6-3-2-4-7-14/h2-4,6-7,12H,5,8-11H2,1H3,(H,19,20). The molecule has 6 nitrogen and oxygen atoms in total. The van der Waals surface area contributed by atoms with Crippen molar-refractivity contribution in [2.24, 2.45) is 0 Å². The molecule has 2 aromatic rings. The second-order valence-corrected chi connectivity index (χ2v) is 4.94. The molecule has 0 aliphatic rings. The van der Waals surface area contributed by atoms with Crippen molar-refractivity contribution in [1.29, 1.82) is 0 Å². The first-order valence-electron chi connectivity index (χ1n) is 7.23.